The second-order valence-electron chi connectivity index (χ2n) is 4.50. The summed E-state index contributed by atoms with van der Waals surface area (Å²) in [6.07, 6.45) is 3.54. The first-order valence-electron chi connectivity index (χ1n) is 6.47. The number of nitrogens with zero attached hydrogens (tertiary/aromatic N) is 4. The predicted octanol–water partition coefficient (Wildman–Crippen LogP) is 0.507. The maximum atomic E-state index is 10.9. The van der Waals surface area contributed by atoms with E-state index in [9.17, 15) is 4.79 Å². The summed E-state index contributed by atoms with van der Waals surface area (Å²) in [6, 6.07) is 0.288. The Labute approximate surface area is 112 Å². The molecule has 2 heterocycles. The van der Waals surface area contributed by atoms with Crippen molar-refractivity contribution in [3.05, 3.63) is 5.82 Å². The summed E-state index contributed by atoms with van der Waals surface area (Å²) in [5.74, 6) is 1.04. The van der Waals surface area contributed by atoms with E-state index in [0.717, 1.165) is 25.9 Å². The van der Waals surface area contributed by atoms with Crippen molar-refractivity contribution in [3.8, 4) is 6.01 Å². The van der Waals surface area contributed by atoms with Crippen LogP contribution in [0.3, 0.4) is 0 Å². The molecule has 1 aliphatic rings. The first-order valence-corrected chi connectivity index (χ1v) is 6.47. The summed E-state index contributed by atoms with van der Waals surface area (Å²) < 4.78 is 5.09. The van der Waals surface area contributed by atoms with Gasteiger partial charge in [0, 0.05) is 20.0 Å². The van der Waals surface area contributed by atoms with Gasteiger partial charge in [0.25, 0.3) is 0 Å². The molecule has 1 aliphatic heterocycles. The molecule has 0 radical (unpaired) electrons. The van der Waals surface area contributed by atoms with Crippen molar-refractivity contribution in [2.24, 2.45) is 0 Å². The number of hydrogen-bond acceptors (Lipinski definition) is 6. The fraction of sp³-hybridized carbons (Fsp3) is 0.667. The molecule has 1 saturated heterocycles. The van der Waals surface area contributed by atoms with Crippen LogP contribution in [0.15, 0.2) is 0 Å². The molecule has 1 fully saturated rings. The average molecular weight is 265 g/mol. The molecule has 0 saturated carbocycles. The van der Waals surface area contributed by atoms with Crippen LogP contribution in [-0.4, -0.2) is 41.1 Å². The van der Waals surface area contributed by atoms with Gasteiger partial charge in [-0.3, -0.25) is 4.79 Å². The molecule has 0 aromatic carbocycles. The van der Waals surface area contributed by atoms with E-state index in [0.29, 0.717) is 11.8 Å². The third kappa shape index (κ3) is 3.77. The fourth-order valence-corrected chi connectivity index (χ4v) is 2.00. The Kier molecular flexibility index (Phi) is 4.48. The van der Waals surface area contributed by atoms with Gasteiger partial charge in [0.05, 0.1) is 13.7 Å². The number of ether oxygens (including phenoxy) is 1. The standard InChI is InChI=1S/C12H19N5O2/c1-9(18)13-8-10-14-11(16-12(15-10)19-2)17-6-4-3-5-7-17/h3-8H2,1-2H3,(H,13,18). The minimum absolute atomic E-state index is 0.112. The van der Waals surface area contributed by atoms with Crippen LogP contribution in [0.4, 0.5) is 5.95 Å². The SMILES string of the molecule is COc1nc(CNC(C)=O)nc(N2CCCCC2)n1. The monoisotopic (exact) mass is 265 g/mol. The molecule has 0 unspecified atom stereocenters. The zero-order valence-corrected chi connectivity index (χ0v) is 11.3. The van der Waals surface area contributed by atoms with Crippen LogP contribution < -0.4 is 15.0 Å². The van der Waals surface area contributed by atoms with Gasteiger partial charge in [0.1, 0.15) is 0 Å². The molecule has 1 aromatic rings. The van der Waals surface area contributed by atoms with E-state index in [-0.39, 0.29) is 18.5 Å². The Hall–Kier alpha value is -1.92. The summed E-state index contributed by atoms with van der Waals surface area (Å²) in [5.41, 5.74) is 0. The molecule has 0 spiro atoms. The lowest BCUT2D eigenvalue weighted by atomic mass is 10.1. The van der Waals surface area contributed by atoms with E-state index in [1.54, 1.807) is 0 Å². The zero-order valence-electron chi connectivity index (χ0n) is 11.3. The number of nitrogens with one attached hydrogen (secondary N) is 1. The number of anilines is 1. The van der Waals surface area contributed by atoms with E-state index in [4.69, 9.17) is 4.74 Å². The minimum atomic E-state index is -0.112. The highest BCUT2D eigenvalue weighted by Crippen LogP contribution is 2.17. The number of piperidine rings is 1. The number of aromatic nitrogens is 3. The van der Waals surface area contributed by atoms with Crippen molar-refractivity contribution < 1.29 is 9.53 Å². The van der Waals surface area contributed by atoms with E-state index >= 15 is 0 Å². The molecule has 0 bridgehead atoms. The molecule has 0 atom stereocenters. The first kappa shape index (κ1) is 13.5. The number of rotatable bonds is 4. The van der Waals surface area contributed by atoms with Crippen LogP contribution in [0, 0.1) is 0 Å². The van der Waals surface area contributed by atoms with Crippen molar-refractivity contribution in [1.82, 2.24) is 20.3 Å². The summed E-state index contributed by atoms with van der Waals surface area (Å²) in [4.78, 5) is 25.9. The van der Waals surface area contributed by atoms with E-state index < -0.39 is 0 Å². The lowest BCUT2D eigenvalue weighted by molar-refractivity contribution is -0.119. The molecule has 1 aromatic heterocycles. The van der Waals surface area contributed by atoms with Gasteiger partial charge in [-0.15, -0.1) is 0 Å². The first-order chi connectivity index (χ1) is 9.19. The topological polar surface area (TPSA) is 80.2 Å². The van der Waals surface area contributed by atoms with E-state index in [2.05, 4.69) is 25.2 Å². The van der Waals surface area contributed by atoms with Crippen molar-refractivity contribution in [1.29, 1.82) is 0 Å². The van der Waals surface area contributed by atoms with Crippen molar-refractivity contribution in [3.63, 3.8) is 0 Å². The van der Waals surface area contributed by atoms with E-state index in [1.807, 2.05) is 0 Å². The van der Waals surface area contributed by atoms with Crippen LogP contribution >= 0.6 is 0 Å². The quantitative estimate of drug-likeness (QED) is 0.854. The third-order valence-corrected chi connectivity index (χ3v) is 2.97. The summed E-state index contributed by atoms with van der Waals surface area (Å²) in [7, 11) is 1.53. The van der Waals surface area contributed by atoms with Gasteiger partial charge in [-0.1, -0.05) is 0 Å². The molecule has 7 heteroatoms. The lowest BCUT2D eigenvalue weighted by Gasteiger charge is -2.26. The average Bonchev–Trinajstić information content (AvgIpc) is 2.45. The second kappa shape index (κ2) is 6.31. The molecule has 2 rings (SSSR count). The number of carbonyl (C=O) groups is 1. The third-order valence-electron chi connectivity index (χ3n) is 2.97. The summed E-state index contributed by atoms with van der Waals surface area (Å²) in [6.45, 7) is 3.65. The van der Waals surface area contributed by atoms with Gasteiger partial charge in [-0.2, -0.15) is 15.0 Å². The number of carbonyl (C=O) groups excluding carboxylic acids is 1. The Balaban J connectivity index is 2.16. The maximum Gasteiger partial charge on any atom is 0.321 e. The van der Waals surface area contributed by atoms with Gasteiger partial charge in [-0.25, -0.2) is 0 Å². The molecular weight excluding hydrogens is 246 g/mol. The van der Waals surface area contributed by atoms with Gasteiger partial charge in [0.2, 0.25) is 11.9 Å². The largest absolute Gasteiger partial charge is 0.467 e. The van der Waals surface area contributed by atoms with Crippen molar-refractivity contribution in [2.75, 3.05) is 25.1 Å². The highest BCUT2D eigenvalue weighted by molar-refractivity contribution is 5.72. The van der Waals surface area contributed by atoms with Crippen molar-refractivity contribution in [2.45, 2.75) is 32.7 Å². The van der Waals surface area contributed by atoms with Gasteiger partial charge in [0.15, 0.2) is 5.82 Å². The normalized spacial score (nSPS) is 15.2. The predicted molar refractivity (Wildman–Crippen MR) is 70.0 cm³/mol. The van der Waals surface area contributed by atoms with Crippen LogP contribution in [-0.2, 0) is 11.3 Å². The molecular formula is C12H19N5O2. The Bertz CT molecular complexity index is 446. The van der Waals surface area contributed by atoms with Gasteiger partial charge < -0.3 is 15.0 Å². The molecule has 7 nitrogen and oxygen atoms in total. The highest BCUT2D eigenvalue weighted by Gasteiger charge is 2.16. The van der Waals surface area contributed by atoms with Gasteiger partial charge in [-0.05, 0) is 19.3 Å². The summed E-state index contributed by atoms with van der Waals surface area (Å²) >= 11 is 0. The second-order valence-corrected chi connectivity index (χ2v) is 4.50. The molecule has 19 heavy (non-hydrogen) atoms. The zero-order chi connectivity index (χ0) is 13.7. The minimum Gasteiger partial charge on any atom is -0.467 e. The number of methoxy groups -OCH3 is 1. The van der Waals surface area contributed by atoms with Crippen molar-refractivity contribution >= 4 is 11.9 Å². The van der Waals surface area contributed by atoms with E-state index in [1.165, 1.54) is 20.5 Å². The number of amides is 1. The molecule has 0 aliphatic carbocycles. The Morgan fingerprint density at radius 1 is 1.26 bits per heavy atom. The highest BCUT2D eigenvalue weighted by atomic mass is 16.5. The molecule has 1 N–H and O–H groups in total. The van der Waals surface area contributed by atoms with Gasteiger partial charge >= 0.3 is 6.01 Å². The van der Waals surface area contributed by atoms with Crippen LogP contribution in [0.2, 0.25) is 0 Å². The fourth-order valence-electron chi connectivity index (χ4n) is 2.00. The Morgan fingerprint density at radius 2 is 2.00 bits per heavy atom. The smallest absolute Gasteiger partial charge is 0.321 e. The molecule has 104 valence electrons. The summed E-state index contributed by atoms with van der Waals surface area (Å²) in [5, 5.41) is 2.68. The Morgan fingerprint density at radius 3 is 2.63 bits per heavy atom. The van der Waals surface area contributed by atoms with Crippen LogP contribution in [0.25, 0.3) is 0 Å². The van der Waals surface area contributed by atoms with Crippen LogP contribution in [0.1, 0.15) is 32.0 Å². The lowest BCUT2D eigenvalue weighted by Crippen LogP contribution is -2.32. The number of hydrogen-bond donors (Lipinski definition) is 1. The maximum absolute atomic E-state index is 10.9. The van der Waals surface area contributed by atoms with Crippen LogP contribution in [0.5, 0.6) is 6.01 Å². The molecule has 1 amide bonds.